The molecule has 2 aliphatic heterocycles. The second-order valence-corrected chi connectivity index (χ2v) is 23.6. The number of methoxy groups -OCH3 is 1. The summed E-state index contributed by atoms with van der Waals surface area (Å²) in [5.41, 5.74) is 0.983. The average molecular weight is 1340 g/mol. The van der Waals surface area contributed by atoms with Crippen LogP contribution in [0.2, 0.25) is 0 Å². The van der Waals surface area contributed by atoms with Gasteiger partial charge in [0.05, 0.1) is 188 Å². The van der Waals surface area contributed by atoms with Crippen molar-refractivity contribution in [2.24, 2.45) is 17.3 Å². The summed E-state index contributed by atoms with van der Waals surface area (Å²) >= 11 is 0. The van der Waals surface area contributed by atoms with Crippen molar-refractivity contribution in [1.29, 1.82) is 0 Å². The third-order valence-electron chi connectivity index (χ3n) is 14.8. The molecule has 0 spiro atoms. The molecule has 2 aromatic rings. The summed E-state index contributed by atoms with van der Waals surface area (Å²) in [5.74, 6) is -6.01. The summed E-state index contributed by atoms with van der Waals surface area (Å²) in [6, 6.07) is 2.84. The number of Topliss-reactive ketones (excluding diaryl/α,β-unsaturated/α-hetero) is 2. The summed E-state index contributed by atoms with van der Waals surface area (Å²) < 4.78 is 78.0. The van der Waals surface area contributed by atoms with Crippen molar-refractivity contribution in [2.45, 2.75) is 129 Å². The lowest BCUT2D eigenvalue weighted by atomic mass is 9.87. The van der Waals surface area contributed by atoms with Gasteiger partial charge in [-0.05, 0) is 63.1 Å². The van der Waals surface area contributed by atoms with Gasteiger partial charge in [0, 0.05) is 44.4 Å². The molecule has 8 atom stereocenters. The van der Waals surface area contributed by atoms with E-state index in [9.17, 15) is 54.0 Å². The molecule has 0 aliphatic carbocycles. The number of imide groups is 1. The predicted molar refractivity (Wildman–Crippen MR) is 332 cm³/mol. The summed E-state index contributed by atoms with van der Waals surface area (Å²) in [6.45, 7) is 20.1. The largest absolute Gasteiger partial charge is 0.479 e. The maximum Gasteiger partial charge on any atom is 0.335 e. The lowest BCUT2D eigenvalue weighted by Gasteiger charge is -2.39. The maximum absolute atomic E-state index is 13.9. The Kier molecular flexibility index (Phi) is 39.3. The van der Waals surface area contributed by atoms with Crippen LogP contribution in [0.1, 0.15) is 89.2 Å². The molecule has 3 heterocycles. The smallest absolute Gasteiger partial charge is 0.335 e. The molecule has 0 saturated carbocycles. The molecule has 1 unspecified atom stereocenters. The number of hydrogen-bond donors (Lipinski definition) is 5. The van der Waals surface area contributed by atoms with Crippen LogP contribution in [-0.4, -0.2) is 277 Å². The molecule has 94 heavy (non-hydrogen) atoms. The van der Waals surface area contributed by atoms with Gasteiger partial charge in [-0.3, -0.25) is 33.7 Å². The summed E-state index contributed by atoms with van der Waals surface area (Å²) in [5, 5.41) is 51.9. The molecule has 30 heteroatoms. The van der Waals surface area contributed by atoms with Gasteiger partial charge in [-0.1, -0.05) is 37.3 Å². The Morgan fingerprint density at radius 2 is 1.10 bits per heavy atom. The second kappa shape index (κ2) is 45.7. The van der Waals surface area contributed by atoms with E-state index in [4.69, 9.17) is 66.3 Å². The molecule has 2 aliphatic rings. The zero-order chi connectivity index (χ0) is 68.7. The molecular formula is C64H101N5O25. The van der Waals surface area contributed by atoms with E-state index in [1.165, 1.54) is 17.8 Å². The molecule has 1 fully saturated rings. The van der Waals surface area contributed by atoms with Crippen LogP contribution in [0.25, 0.3) is 0 Å². The van der Waals surface area contributed by atoms with Gasteiger partial charge in [0.1, 0.15) is 36.4 Å². The van der Waals surface area contributed by atoms with Gasteiger partial charge in [-0.25, -0.2) is 9.48 Å². The number of hydrogen-bond acceptors (Lipinski definition) is 26. The molecule has 3 amide bonds. The number of esters is 1. The predicted octanol–water partition coefficient (Wildman–Crippen LogP) is 0.968. The number of benzene rings is 1. The van der Waals surface area contributed by atoms with E-state index in [2.05, 4.69) is 15.6 Å². The van der Waals surface area contributed by atoms with Gasteiger partial charge in [0.2, 0.25) is 5.91 Å². The number of aryl methyl sites for hydroxylation is 1. The van der Waals surface area contributed by atoms with Crippen molar-refractivity contribution in [3.8, 4) is 0 Å². The number of nitrogens with zero attached hydrogens (tertiary/aromatic N) is 4. The number of ketones is 2. The number of ether oxygens (including phenoxy) is 14. The number of nitrogens with one attached hydrogen (secondary N) is 1. The van der Waals surface area contributed by atoms with Crippen molar-refractivity contribution in [1.82, 2.24) is 25.2 Å². The fourth-order valence-corrected chi connectivity index (χ4v) is 9.37. The number of rotatable bonds is 54. The summed E-state index contributed by atoms with van der Waals surface area (Å²) in [7, 11) is 1.63. The van der Waals surface area contributed by atoms with Crippen molar-refractivity contribution >= 4 is 41.2 Å². The third kappa shape index (κ3) is 31.0. The topological polar surface area (TPSA) is 376 Å². The van der Waals surface area contributed by atoms with E-state index in [1.807, 2.05) is 0 Å². The maximum atomic E-state index is 13.9. The van der Waals surface area contributed by atoms with Crippen LogP contribution in [0.5, 0.6) is 0 Å². The van der Waals surface area contributed by atoms with Crippen molar-refractivity contribution < 1.29 is 120 Å². The second-order valence-electron chi connectivity index (χ2n) is 23.6. The highest BCUT2D eigenvalue weighted by atomic mass is 16.6. The average Bonchev–Trinajstić information content (AvgIpc) is 1.43. The number of carboxylic acids is 1. The number of aliphatic hydroxyl groups is 3. The Hall–Kier alpha value is -5.65. The molecule has 0 radical (unpaired) electrons. The minimum atomic E-state index is -1.87. The normalized spacial score (nSPS) is 18.5. The van der Waals surface area contributed by atoms with Gasteiger partial charge in [0.15, 0.2) is 11.9 Å². The number of carbonyl (C=O) groups is 7. The first-order valence-electron chi connectivity index (χ1n) is 32.0. The Morgan fingerprint density at radius 3 is 1.54 bits per heavy atom. The van der Waals surface area contributed by atoms with Crippen LogP contribution in [-0.2, 0) is 126 Å². The monoisotopic (exact) mass is 1340 g/mol. The number of amides is 3. The highest BCUT2D eigenvalue weighted by Crippen LogP contribution is 2.30. The first-order chi connectivity index (χ1) is 45.1. The van der Waals surface area contributed by atoms with E-state index in [1.54, 1.807) is 59.9 Å². The molecule has 4 rings (SSSR count). The SMILES string of the molecule is COCCOCCOCCOCCOCCOCCOCCOCCOCCOCCOCCOCCn1cc([C@H](CC(=O)CC(C(=O)N[C@@H](C)C(=O)Cc2ccc(COC(=O)C(C)(C)C)c(CC[C@@H]3O[C@H](C(=O)O)[C@@H](O)[C@H](O)[C@H]3O)c2)C(C)C)N2C(=O)C=CC2=O)nn1. The Labute approximate surface area is 549 Å². The van der Waals surface area contributed by atoms with Gasteiger partial charge in [0.25, 0.3) is 11.8 Å². The molecule has 1 aromatic heterocycles. The van der Waals surface area contributed by atoms with Crippen LogP contribution >= 0.6 is 0 Å². The summed E-state index contributed by atoms with van der Waals surface area (Å²) in [4.78, 5) is 92.9. The molecular weight excluding hydrogens is 1240 g/mol. The number of aliphatic carboxylic acids is 1. The van der Waals surface area contributed by atoms with Gasteiger partial charge >= 0.3 is 11.9 Å². The Balaban J connectivity index is 1.09. The Bertz CT molecular complexity index is 2560. The van der Waals surface area contributed by atoms with Crippen LogP contribution in [0.3, 0.4) is 0 Å². The van der Waals surface area contributed by atoms with Crippen molar-refractivity contribution in [3.63, 3.8) is 0 Å². The minimum absolute atomic E-state index is 0.0257. The van der Waals surface area contributed by atoms with E-state index in [-0.39, 0.29) is 70.1 Å². The van der Waals surface area contributed by atoms with Crippen LogP contribution in [0.15, 0.2) is 36.5 Å². The van der Waals surface area contributed by atoms with E-state index >= 15 is 0 Å². The zero-order valence-electron chi connectivity index (χ0n) is 55.5. The molecule has 532 valence electrons. The molecule has 0 bridgehead atoms. The van der Waals surface area contributed by atoms with Gasteiger partial charge < -0.3 is 92.1 Å². The quantitative estimate of drug-likeness (QED) is 0.0350. The van der Waals surface area contributed by atoms with Crippen molar-refractivity contribution in [3.05, 3.63) is 58.9 Å². The van der Waals surface area contributed by atoms with E-state index in [0.717, 1.165) is 17.1 Å². The number of carboxylic acid groups (broad SMARTS) is 1. The minimum Gasteiger partial charge on any atom is -0.479 e. The van der Waals surface area contributed by atoms with E-state index in [0.29, 0.717) is 155 Å². The highest BCUT2D eigenvalue weighted by Gasteiger charge is 2.46. The molecule has 30 nitrogen and oxygen atoms in total. The number of carbonyl (C=O) groups excluding carboxylic acids is 6. The highest BCUT2D eigenvalue weighted by molar-refractivity contribution is 6.13. The van der Waals surface area contributed by atoms with Crippen LogP contribution < -0.4 is 5.32 Å². The fraction of sp³-hybridized carbons (Fsp3) is 0.734. The first-order valence-corrected chi connectivity index (χ1v) is 32.0. The van der Waals surface area contributed by atoms with Gasteiger partial charge in [-0.2, -0.15) is 0 Å². The van der Waals surface area contributed by atoms with Gasteiger partial charge in [-0.15, -0.1) is 5.10 Å². The van der Waals surface area contributed by atoms with Crippen molar-refractivity contribution in [2.75, 3.05) is 159 Å². The van der Waals surface area contributed by atoms with Crippen LogP contribution in [0.4, 0.5) is 0 Å². The first kappa shape index (κ1) is 80.8. The fourth-order valence-electron chi connectivity index (χ4n) is 9.37. The number of aromatic nitrogens is 3. The summed E-state index contributed by atoms with van der Waals surface area (Å²) in [6.07, 6.45) is -5.30. The third-order valence-corrected chi connectivity index (χ3v) is 14.8. The zero-order valence-corrected chi connectivity index (χ0v) is 55.5. The molecule has 1 saturated heterocycles. The number of aliphatic hydroxyl groups excluding tert-OH is 3. The molecule has 5 N–H and O–H groups in total. The van der Waals surface area contributed by atoms with E-state index < -0.39 is 95.2 Å². The lowest BCUT2D eigenvalue weighted by molar-refractivity contribution is -0.228. The van der Waals surface area contributed by atoms with Crippen LogP contribution in [0, 0.1) is 17.3 Å². The standard InChI is InChI=1S/C64H101N5O25/c1-44(2)50(61(77)65-45(3)53(71)39-46-8-9-48(43-93-63(80)64(4,5)6)47(38-46)10-11-54-57(74)58(75)59(76)60(94-54)62(78)79)40-49(70)41-52(69-55(72)12-13-56(69)73)51-42-68(67-66-51)14-15-82-18-19-84-22-23-86-26-27-88-30-31-90-34-35-92-37-36-91-33-32-89-29-28-87-25-24-85-21-20-83-17-16-81-7/h8-9,12-13,38,42,44-45,50,52,54,57-60,74-76H,10-11,14-37,39-41,43H2,1-7H3,(H,65,77)(H,78,79)/t45-,50?,52-,54-,57-,58+,59-,60-/m0/s1. The lowest BCUT2D eigenvalue weighted by Crippen LogP contribution is -2.59. The molecule has 1 aromatic carbocycles. The Morgan fingerprint density at radius 1 is 0.628 bits per heavy atom.